The smallest absolute Gasteiger partial charge is 0.0484 e. The van der Waals surface area contributed by atoms with Crippen LogP contribution in [0, 0.1) is 11.8 Å². The van der Waals surface area contributed by atoms with Crippen molar-refractivity contribution in [1.82, 2.24) is 4.98 Å². The summed E-state index contributed by atoms with van der Waals surface area (Å²) >= 11 is 0. The van der Waals surface area contributed by atoms with Crippen molar-refractivity contribution in [2.75, 3.05) is 0 Å². The van der Waals surface area contributed by atoms with Gasteiger partial charge in [0.05, 0.1) is 0 Å². The fraction of sp³-hybridized carbons (Fsp3) is 0.737. The van der Waals surface area contributed by atoms with Crippen LogP contribution in [-0.4, -0.2) is 10.5 Å². The third-order valence-corrected chi connectivity index (χ3v) is 6.03. The van der Waals surface area contributed by atoms with Crippen molar-refractivity contribution in [1.29, 1.82) is 0 Å². The average molecular weight is 286 g/mol. The van der Waals surface area contributed by atoms with Crippen molar-refractivity contribution in [3.05, 3.63) is 29.6 Å². The summed E-state index contributed by atoms with van der Waals surface area (Å²) in [6.07, 6.45) is 11.9. The van der Waals surface area contributed by atoms with Crippen molar-refractivity contribution in [2.45, 2.75) is 76.7 Å². The fourth-order valence-corrected chi connectivity index (χ4v) is 4.60. The van der Waals surface area contributed by atoms with E-state index >= 15 is 0 Å². The molecule has 0 spiro atoms. The second kappa shape index (κ2) is 6.08. The third kappa shape index (κ3) is 3.01. The summed E-state index contributed by atoms with van der Waals surface area (Å²) in [5.74, 6) is 2.14. The highest BCUT2D eigenvalue weighted by Gasteiger charge is 2.40. The van der Waals surface area contributed by atoms with E-state index in [1.807, 2.05) is 6.20 Å². The maximum atomic E-state index is 6.97. The minimum atomic E-state index is -0.0207. The van der Waals surface area contributed by atoms with Crippen LogP contribution in [0.15, 0.2) is 18.3 Å². The van der Waals surface area contributed by atoms with Crippen molar-refractivity contribution in [2.24, 2.45) is 17.6 Å². The molecule has 1 aromatic heterocycles. The molecule has 2 aliphatic rings. The quantitative estimate of drug-likeness (QED) is 0.817. The standard InChI is InChI=1S/C19H30N2/c1-14(2)15-7-4-11-19(20,12-10-15)17-9-3-6-16-8-5-13-21-18(16)17/h5,8,13-15,17H,3-4,6-7,9-12,20H2,1-2H3. The van der Waals surface area contributed by atoms with E-state index in [0.717, 1.165) is 11.8 Å². The number of aryl methyl sites for hydroxylation is 1. The molecule has 3 unspecified atom stereocenters. The van der Waals surface area contributed by atoms with Crippen LogP contribution in [0.25, 0.3) is 0 Å². The summed E-state index contributed by atoms with van der Waals surface area (Å²) in [4.78, 5) is 4.73. The lowest BCUT2D eigenvalue weighted by molar-refractivity contribution is 0.263. The number of nitrogens with zero attached hydrogens (tertiary/aromatic N) is 1. The first-order chi connectivity index (χ1) is 10.1. The van der Waals surface area contributed by atoms with Gasteiger partial charge in [-0.25, -0.2) is 0 Å². The number of aromatic nitrogens is 1. The highest BCUT2D eigenvalue weighted by atomic mass is 14.8. The van der Waals surface area contributed by atoms with Gasteiger partial charge in [-0.3, -0.25) is 4.98 Å². The molecule has 2 N–H and O–H groups in total. The van der Waals surface area contributed by atoms with E-state index in [-0.39, 0.29) is 5.54 Å². The molecule has 3 atom stereocenters. The molecule has 0 aliphatic heterocycles. The molecule has 0 aromatic carbocycles. The number of hydrogen-bond acceptors (Lipinski definition) is 2. The van der Waals surface area contributed by atoms with Crippen LogP contribution in [0.2, 0.25) is 0 Å². The normalized spacial score (nSPS) is 33.5. The van der Waals surface area contributed by atoms with Crippen LogP contribution in [-0.2, 0) is 6.42 Å². The minimum Gasteiger partial charge on any atom is -0.324 e. The molecule has 1 saturated carbocycles. The highest BCUT2D eigenvalue weighted by molar-refractivity contribution is 5.29. The topological polar surface area (TPSA) is 38.9 Å². The Bertz CT molecular complexity index is 482. The Hall–Kier alpha value is -0.890. The van der Waals surface area contributed by atoms with Crippen LogP contribution >= 0.6 is 0 Å². The lowest BCUT2D eigenvalue weighted by Gasteiger charge is -2.40. The highest BCUT2D eigenvalue weighted by Crippen LogP contribution is 2.44. The molecule has 0 saturated heterocycles. The Morgan fingerprint density at radius 1 is 1.19 bits per heavy atom. The Balaban J connectivity index is 1.83. The molecule has 0 radical (unpaired) electrons. The summed E-state index contributed by atoms with van der Waals surface area (Å²) in [6.45, 7) is 4.73. The number of pyridine rings is 1. The van der Waals surface area contributed by atoms with Gasteiger partial charge in [-0.05, 0) is 62.0 Å². The molecule has 21 heavy (non-hydrogen) atoms. The molecule has 116 valence electrons. The SMILES string of the molecule is CC(C)C1CCCC(N)(C2CCCc3cccnc32)CC1. The zero-order valence-electron chi connectivity index (χ0n) is 13.6. The zero-order chi connectivity index (χ0) is 14.9. The molecule has 2 nitrogen and oxygen atoms in total. The van der Waals surface area contributed by atoms with E-state index in [9.17, 15) is 0 Å². The van der Waals surface area contributed by atoms with Gasteiger partial charge in [0.1, 0.15) is 0 Å². The third-order valence-electron chi connectivity index (χ3n) is 6.03. The Kier molecular flexibility index (Phi) is 4.35. The van der Waals surface area contributed by atoms with Crippen molar-refractivity contribution in [3.8, 4) is 0 Å². The zero-order valence-corrected chi connectivity index (χ0v) is 13.6. The van der Waals surface area contributed by atoms with Gasteiger partial charge in [-0.1, -0.05) is 32.8 Å². The summed E-state index contributed by atoms with van der Waals surface area (Å²) in [5, 5.41) is 0. The van der Waals surface area contributed by atoms with Crippen LogP contribution < -0.4 is 5.73 Å². The van der Waals surface area contributed by atoms with Gasteiger partial charge in [-0.15, -0.1) is 0 Å². The van der Waals surface area contributed by atoms with Crippen LogP contribution in [0.4, 0.5) is 0 Å². The number of hydrogen-bond donors (Lipinski definition) is 1. The van der Waals surface area contributed by atoms with E-state index < -0.39 is 0 Å². The summed E-state index contributed by atoms with van der Waals surface area (Å²) in [7, 11) is 0. The first-order valence-electron chi connectivity index (χ1n) is 8.83. The molecule has 0 bridgehead atoms. The van der Waals surface area contributed by atoms with Gasteiger partial charge in [0.15, 0.2) is 0 Å². The van der Waals surface area contributed by atoms with E-state index in [1.165, 1.54) is 62.6 Å². The van der Waals surface area contributed by atoms with Crippen LogP contribution in [0.5, 0.6) is 0 Å². The predicted octanol–water partition coefficient (Wildman–Crippen LogP) is 4.44. The van der Waals surface area contributed by atoms with Gasteiger partial charge in [0, 0.05) is 23.3 Å². The molecule has 2 heteroatoms. The van der Waals surface area contributed by atoms with E-state index in [2.05, 4.69) is 26.0 Å². The van der Waals surface area contributed by atoms with E-state index in [0.29, 0.717) is 5.92 Å². The maximum Gasteiger partial charge on any atom is 0.0484 e. The van der Waals surface area contributed by atoms with E-state index in [4.69, 9.17) is 10.7 Å². The van der Waals surface area contributed by atoms with Crippen LogP contribution in [0.1, 0.15) is 76.0 Å². The van der Waals surface area contributed by atoms with Gasteiger partial charge in [0.2, 0.25) is 0 Å². The predicted molar refractivity (Wildman–Crippen MR) is 88.2 cm³/mol. The second-order valence-electron chi connectivity index (χ2n) is 7.66. The van der Waals surface area contributed by atoms with Crippen molar-refractivity contribution in [3.63, 3.8) is 0 Å². The second-order valence-corrected chi connectivity index (χ2v) is 7.66. The molecule has 2 aliphatic carbocycles. The molecular formula is C19H30N2. The molecule has 3 rings (SSSR count). The van der Waals surface area contributed by atoms with E-state index in [1.54, 1.807) is 0 Å². The molecule has 0 amide bonds. The summed E-state index contributed by atoms with van der Waals surface area (Å²) < 4.78 is 0. The van der Waals surface area contributed by atoms with Gasteiger partial charge in [-0.2, -0.15) is 0 Å². The van der Waals surface area contributed by atoms with Gasteiger partial charge < -0.3 is 5.73 Å². The molecule has 1 aromatic rings. The van der Waals surface area contributed by atoms with Gasteiger partial charge >= 0.3 is 0 Å². The lowest BCUT2D eigenvalue weighted by Crippen LogP contribution is -2.47. The van der Waals surface area contributed by atoms with Crippen molar-refractivity contribution >= 4 is 0 Å². The molecular weight excluding hydrogens is 256 g/mol. The number of fused-ring (bicyclic) bond motifs is 1. The fourth-order valence-electron chi connectivity index (χ4n) is 4.60. The Morgan fingerprint density at radius 2 is 2.05 bits per heavy atom. The summed E-state index contributed by atoms with van der Waals surface area (Å²) in [5.41, 5.74) is 9.71. The largest absolute Gasteiger partial charge is 0.324 e. The van der Waals surface area contributed by atoms with Crippen LogP contribution in [0.3, 0.4) is 0 Å². The Labute approximate surface area is 129 Å². The monoisotopic (exact) mass is 286 g/mol. The lowest BCUT2D eigenvalue weighted by atomic mass is 9.70. The van der Waals surface area contributed by atoms with Crippen molar-refractivity contribution < 1.29 is 0 Å². The molecule has 1 fully saturated rings. The maximum absolute atomic E-state index is 6.97. The molecule has 1 heterocycles. The summed E-state index contributed by atoms with van der Waals surface area (Å²) in [6, 6.07) is 4.33. The average Bonchev–Trinajstić information content (AvgIpc) is 2.69. The number of nitrogens with two attached hydrogens (primary N) is 1. The first kappa shape index (κ1) is 15.0. The first-order valence-corrected chi connectivity index (χ1v) is 8.83. The minimum absolute atomic E-state index is 0.0207. The number of rotatable bonds is 2. The van der Waals surface area contributed by atoms with Gasteiger partial charge in [0.25, 0.3) is 0 Å². The Morgan fingerprint density at radius 3 is 2.86 bits per heavy atom.